The van der Waals surface area contributed by atoms with Crippen LogP contribution in [0.1, 0.15) is 17.4 Å². The average molecular weight is 237 g/mol. The van der Waals surface area contributed by atoms with Gasteiger partial charge in [0.2, 0.25) is 0 Å². The lowest BCUT2D eigenvalue weighted by Crippen LogP contribution is -2.07. The van der Waals surface area contributed by atoms with E-state index in [2.05, 4.69) is 9.97 Å². The van der Waals surface area contributed by atoms with Crippen LogP contribution in [-0.2, 0) is 4.74 Å². The summed E-state index contributed by atoms with van der Waals surface area (Å²) in [6.45, 7) is 2.05. The van der Waals surface area contributed by atoms with Crippen LogP contribution in [0.4, 0.5) is 0 Å². The molecule has 2 aromatic heterocycles. The minimum Gasteiger partial charge on any atom is -0.461 e. The Balaban J connectivity index is 2.53. The Kier molecular flexibility index (Phi) is 3.01. The molecule has 2 aromatic rings. The molecule has 16 heavy (non-hydrogen) atoms. The van der Waals surface area contributed by atoms with Gasteiger partial charge in [-0.3, -0.25) is 4.98 Å². The van der Waals surface area contributed by atoms with Crippen LogP contribution in [0.5, 0.6) is 0 Å². The number of pyridine rings is 2. The Morgan fingerprint density at radius 1 is 1.56 bits per heavy atom. The van der Waals surface area contributed by atoms with Crippen molar-refractivity contribution in [1.82, 2.24) is 9.97 Å². The fourth-order valence-electron chi connectivity index (χ4n) is 1.36. The largest absolute Gasteiger partial charge is 0.461 e. The van der Waals surface area contributed by atoms with Crippen LogP contribution < -0.4 is 0 Å². The van der Waals surface area contributed by atoms with Gasteiger partial charge in [-0.25, -0.2) is 9.78 Å². The predicted octanol–water partition coefficient (Wildman–Crippen LogP) is 2.46. The van der Waals surface area contributed by atoms with E-state index in [0.717, 1.165) is 10.8 Å². The van der Waals surface area contributed by atoms with Gasteiger partial charge in [-0.05, 0) is 24.4 Å². The van der Waals surface area contributed by atoms with E-state index in [1.54, 1.807) is 31.5 Å². The van der Waals surface area contributed by atoms with Crippen LogP contribution in [0.2, 0.25) is 5.15 Å². The third-order valence-electron chi connectivity index (χ3n) is 2.07. The molecule has 0 atom stereocenters. The number of carbonyl (C=O) groups excluding carboxylic acids is 1. The van der Waals surface area contributed by atoms with E-state index >= 15 is 0 Å². The molecule has 0 saturated heterocycles. The van der Waals surface area contributed by atoms with Gasteiger partial charge in [-0.2, -0.15) is 0 Å². The summed E-state index contributed by atoms with van der Waals surface area (Å²) in [7, 11) is 0. The maximum atomic E-state index is 11.5. The Labute approximate surface area is 97.2 Å². The molecule has 2 rings (SSSR count). The highest BCUT2D eigenvalue weighted by Crippen LogP contribution is 2.21. The summed E-state index contributed by atoms with van der Waals surface area (Å²) in [5.41, 5.74) is 0.213. The monoisotopic (exact) mass is 236 g/mol. The lowest BCUT2D eigenvalue weighted by Gasteiger charge is -2.04. The van der Waals surface area contributed by atoms with Crippen molar-refractivity contribution in [1.29, 1.82) is 0 Å². The molecule has 0 saturated carbocycles. The van der Waals surface area contributed by atoms with Gasteiger partial charge in [0.25, 0.3) is 0 Å². The molecule has 0 fully saturated rings. The maximum absolute atomic E-state index is 11.5. The van der Waals surface area contributed by atoms with Crippen molar-refractivity contribution in [2.45, 2.75) is 6.92 Å². The number of hydrogen-bond acceptors (Lipinski definition) is 4. The van der Waals surface area contributed by atoms with Crippen LogP contribution >= 0.6 is 11.6 Å². The molecule has 82 valence electrons. The molecule has 0 amide bonds. The van der Waals surface area contributed by atoms with Gasteiger partial charge in [-0.15, -0.1) is 0 Å². The third kappa shape index (κ3) is 1.97. The molecule has 0 spiro atoms. The highest BCUT2D eigenvalue weighted by molar-refractivity contribution is 6.34. The number of hydrogen-bond donors (Lipinski definition) is 0. The third-order valence-corrected chi connectivity index (χ3v) is 2.36. The summed E-state index contributed by atoms with van der Waals surface area (Å²) in [4.78, 5) is 19.4. The number of esters is 1. The highest BCUT2D eigenvalue weighted by atomic mass is 35.5. The molecular weight excluding hydrogens is 228 g/mol. The maximum Gasteiger partial charge on any atom is 0.356 e. The number of ether oxygens (including phenoxy) is 1. The summed E-state index contributed by atoms with van der Waals surface area (Å²) in [6.07, 6.45) is 3.24. The topological polar surface area (TPSA) is 52.1 Å². The summed E-state index contributed by atoms with van der Waals surface area (Å²) >= 11 is 5.95. The summed E-state index contributed by atoms with van der Waals surface area (Å²) in [6, 6.07) is 3.41. The van der Waals surface area contributed by atoms with Crippen molar-refractivity contribution >= 4 is 28.3 Å². The molecule has 0 aliphatic heterocycles. The van der Waals surface area contributed by atoms with E-state index < -0.39 is 5.97 Å². The zero-order valence-corrected chi connectivity index (χ0v) is 9.36. The Morgan fingerprint density at radius 2 is 2.38 bits per heavy atom. The second kappa shape index (κ2) is 4.45. The minimum atomic E-state index is -0.469. The van der Waals surface area contributed by atoms with Gasteiger partial charge in [0.15, 0.2) is 5.69 Å². The molecular formula is C11H9ClN2O2. The minimum absolute atomic E-state index is 0.213. The standard InChI is InChI=1S/C11H9ClN2O2/c1-2-16-11(15)9-5-7-3-4-13-6-8(7)10(12)14-9/h3-6H,2H2,1H3. The predicted molar refractivity (Wildman–Crippen MR) is 60.5 cm³/mol. The molecule has 0 aromatic carbocycles. The van der Waals surface area contributed by atoms with Crippen LogP contribution in [0, 0.1) is 0 Å². The number of carbonyl (C=O) groups is 1. The van der Waals surface area contributed by atoms with E-state index in [9.17, 15) is 4.79 Å². The van der Waals surface area contributed by atoms with E-state index in [-0.39, 0.29) is 10.8 Å². The molecule has 2 heterocycles. The summed E-state index contributed by atoms with van der Waals surface area (Å²) in [5, 5.41) is 1.80. The van der Waals surface area contributed by atoms with Crippen molar-refractivity contribution in [2.75, 3.05) is 6.61 Å². The first kappa shape index (κ1) is 10.8. The fraction of sp³-hybridized carbons (Fsp3) is 0.182. The first-order valence-electron chi connectivity index (χ1n) is 4.79. The molecule has 0 aliphatic rings. The summed E-state index contributed by atoms with van der Waals surface area (Å²) < 4.78 is 4.86. The van der Waals surface area contributed by atoms with Gasteiger partial charge in [0.1, 0.15) is 5.15 Å². The summed E-state index contributed by atoms with van der Waals surface area (Å²) in [5.74, 6) is -0.469. The van der Waals surface area contributed by atoms with E-state index in [0.29, 0.717) is 6.61 Å². The van der Waals surface area contributed by atoms with Gasteiger partial charge in [-0.1, -0.05) is 11.6 Å². The normalized spacial score (nSPS) is 10.4. The number of nitrogens with zero attached hydrogens (tertiary/aromatic N) is 2. The lowest BCUT2D eigenvalue weighted by atomic mass is 10.2. The molecule has 0 radical (unpaired) electrons. The highest BCUT2D eigenvalue weighted by Gasteiger charge is 2.11. The van der Waals surface area contributed by atoms with Crippen molar-refractivity contribution in [3.63, 3.8) is 0 Å². The molecule has 0 unspecified atom stereocenters. The van der Waals surface area contributed by atoms with Crippen LogP contribution in [0.15, 0.2) is 24.5 Å². The smallest absolute Gasteiger partial charge is 0.356 e. The second-order valence-electron chi connectivity index (χ2n) is 3.12. The SMILES string of the molecule is CCOC(=O)c1cc2ccncc2c(Cl)n1. The number of aromatic nitrogens is 2. The number of halogens is 1. The number of fused-ring (bicyclic) bond motifs is 1. The van der Waals surface area contributed by atoms with Crippen molar-refractivity contribution < 1.29 is 9.53 Å². The Hall–Kier alpha value is -1.68. The van der Waals surface area contributed by atoms with Crippen LogP contribution in [0.25, 0.3) is 10.8 Å². The molecule has 0 bridgehead atoms. The van der Waals surface area contributed by atoms with Crippen molar-refractivity contribution in [3.8, 4) is 0 Å². The van der Waals surface area contributed by atoms with Crippen molar-refractivity contribution in [3.05, 3.63) is 35.4 Å². The molecule has 0 aliphatic carbocycles. The van der Waals surface area contributed by atoms with Gasteiger partial charge >= 0.3 is 5.97 Å². The van der Waals surface area contributed by atoms with E-state index in [1.807, 2.05) is 0 Å². The fourth-order valence-corrected chi connectivity index (χ4v) is 1.61. The molecule has 4 nitrogen and oxygen atoms in total. The van der Waals surface area contributed by atoms with Crippen molar-refractivity contribution in [2.24, 2.45) is 0 Å². The van der Waals surface area contributed by atoms with E-state index in [1.165, 1.54) is 0 Å². The van der Waals surface area contributed by atoms with Gasteiger partial charge < -0.3 is 4.74 Å². The first-order chi connectivity index (χ1) is 7.72. The van der Waals surface area contributed by atoms with Crippen LogP contribution in [0.3, 0.4) is 0 Å². The average Bonchev–Trinajstić information content (AvgIpc) is 2.29. The number of rotatable bonds is 2. The van der Waals surface area contributed by atoms with Gasteiger partial charge in [0.05, 0.1) is 6.61 Å². The zero-order valence-electron chi connectivity index (χ0n) is 8.61. The second-order valence-corrected chi connectivity index (χ2v) is 3.47. The Morgan fingerprint density at radius 3 is 3.12 bits per heavy atom. The zero-order chi connectivity index (χ0) is 11.5. The Bertz CT molecular complexity index is 542. The first-order valence-corrected chi connectivity index (χ1v) is 5.17. The quantitative estimate of drug-likeness (QED) is 0.594. The van der Waals surface area contributed by atoms with Crippen LogP contribution in [-0.4, -0.2) is 22.5 Å². The molecule has 0 N–H and O–H groups in total. The van der Waals surface area contributed by atoms with Gasteiger partial charge in [0, 0.05) is 17.8 Å². The molecule has 5 heteroatoms. The van der Waals surface area contributed by atoms with E-state index in [4.69, 9.17) is 16.3 Å². The lowest BCUT2D eigenvalue weighted by molar-refractivity contribution is 0.0520.